The average molecular weight is 356 g/mol. The second kappa shape index (κ2) is 4.96. The molecule has 0 spiro atoms. The lowest BCUT2D eigenvalue weighted by Crippen LogP contribution is -2.74. The minimum atomic E-state index is -3.89. The van der Waals surface area contributed by atoms with Gasteiger partial charge in [0.1, 0.15) is 11.4 Å². The molecule has 1 saturated heterocycles. The van der Waals surface area contributed by atoms with Gasteiger partial charge in [-0.05, 0) is 6.92 Å². The van der Waals surface area contributed by atoms with Crippen molar-refractivity contribution in [2.24, 2.45) is 0 Å². The van der Waals surface area contributed by atoms with Crippen LogP contribution in [-0.2, 0) is 29.0 Å². The molecule has 0 aliphatic carbocycles. The Balaban J connectivity index is 2.62. The number of allylic oxidation sites excluding steroid dienone is 1. The van der Waals surface area contributed by atoms with Crippen molar-refractivity contribution in [2.75, 3.05) is 11.6 Å². The third-order valence-electron chi connectivity index (χ3n) is 3.17. The first kappa shape index (κ1) is 16.3. The number of carbonyl (C=O) groups is 3. The van der Waals surface area contributed by atoms with Gasteiger partial charge in [-0.3, -0.25) is 19.3 Å². The molecule has 0 aromatic rings. The van der Waals surface area contributed by atoms with E-state index in [1.54, 1.807) is 0 Å². The lowest BCUT2D eigenvalue weighted by atomic mass is 9.97. The largest absolute Gasteiger partial charge is 0.428 e. The van der Waals surface area contributed by atoms with Crippen molar-refractivity contribution >= 4 is 50.7 Å². The summed E-state index contributed by atoms with van der Waals surface area (Å²) in [5.74, 6) is -3.86. The minimum Gasteiger partial charge on any atom is -0.428 e. The summed E-state index contributed by atoms with van der Waals surface area (Å²) in [5, 5.41) is -1.37. The van der Waals surface area contributed by atoms with Crippen molar-refractivity contribution in [3.05, 3.63) is 11.5 Å². The van der Waals surface area contributed by atoms with E-state index in [0.29, 0.717) is 0 Å². The highest BCUT2D eigenvalue weighted by Gasteiger charge is 2.67. The summed E-state index contributed by atoms with van der Waals surface area (Å²) in [6, 6.07) is 0. The number of hydrogen-bond acceptors (Lipinski definition) is 6. The van der Waals surface area contributed by atoms with Crippen LogP contribution in [0.4, 0.5) is 0 Å². The highest BCUT2D eigenvalue weighted by Crippen LogP contribution is 2.46. The first-order valence-corrected chi connectivity index (χ1v) is 8.41. The van der Waals surface area contributed by atoms with E-state index in [9.17, 15) is 22.8 Å². The molecule has 10 heteroatoms. The van der Waals surface area contributed by atoms with Gasteiger partial charge in [-0.15, -0.1) is 23.2 Å². The predicted molar refractivity (Wildman–Crippen MR) is 73.2 cm³/mol. The number of halogens is 2. The molecule has 2 aliphatic rings. The Labute approximate surface area is 130 Å². The zero-order valence-electron chi connectivity index (χ0n) is 11.1. The quantitative estimate of drug-likeness (QED) is 0.406. The SMILES string of the molecule is CC(=O)OC1=C(C(=O)CCl)N2C(=O)[C@](C)(Cl)[C@@H]2S(=O)(=O)C1. The third kappa shape index (κ3) is 2.35. The fraction of sp³-hybridized carbons (Fsp3) is 0.545. The van der Waals surface area contributed by atoms with Crippen LogP contribution >= 0.6 is 23.2 Å². The summed E-state index contributed by atoms with van der Waals surface area (Å²) in [6.45, 7) is 2.31. The molecule has 7 nitrogen and oxygen atoms in total. The molecule has 2 aliphatic heterocycles. The summed E-state index contributed by atoms with van der Waals surface area (Å²) in [5.41, 5.74) is -0.317. The van der Waals surface area contributed by atoms with Gasteiger partial charge in [0, 0.05) is 6.92 Å². The molecule has 0 aromatic carbocycles. The van der Waals surface area contributed by atoms with Gasteiger partial charge < -0.3 is 4.74 Å². The van der Waals surface area contributed by atoms with Gasteiger partial charge in [0.05, 0.1) is 5.88 Å². The first-order chi connectivity index (χ1) is 9.54. The Kier molecular flexibility index (Phi) is 3.84. The Morgan fingerprint density at radius 2 is 2.05 bits per heavy atom. The van der Waals surface area contributed by atoms with E-state index in [4.69, 9.17) is 27.9 Å². The van der Waals surface area contributed by atoms with Crippen LogP contribution in [0.25, 0.3) is 0 Å². The van der Waals surface area contributed by atoms with Crippen molar-refractivity contribution in [2.45, 2.75) is 24.1 Å². The number of sulfone groups is 1. The van der Waals surface area contributed by atoms with Crippen LogP contribution in [0.5, 0.6) is 0 Å². The summed E-state index contributed by atoms with van der Waals surface area (Å²) < 4.78 is 29.2. The van der Waals surface area contributed by atoms with Crippen LogP contribution in [0.1, 0.15) is 13.8 Å². The number of β-lactam (4-membered cyclic amide) rings is 1. The molecule has 1 amide bonds. The molecule has 21 heavy (non-hydrogen) atoms. The van der Waals surface area contributed by atoms with Crippen LogP contribution in [-0.4, -0.2) is 52.9 Å². The number of hydrogen-bond donors (Lipinski definition) is 0. The van der Waals surface area contributed by atoms with Gasteiger partial charge in [0.25, 0.3) is 5.91 Å². The molecule has 0 radical (unpaired) electrons. The van der Waals surface area contributed by atoms with Gasteiger partial charge >= 0.3 is 5.97 Å². The second-order valence-electron chi connectivity index (χ2n) is 4.83. The zero-order chi connectivity index (χ0) is 16.2. The number of Topliss-reactive ketones (excluding diaryl/α,β-unsaturated/α-hetero) is 1. The summed E-state index contributed by atoms with van der Waals surface area (Å²) in [4.78, 5) is 34.1. The summed E-state index contributed by atoms with van der Waals surface area (Å²) in [7, 11) is -3.89. The number of alkyl halides is 2. The number of fused-ring (bicyclic) bond motifs is 1. The van der Waals surface area contributed by atoms with Crippen molar-refractivity contribution in [3.8, 4) is 0 Å². The van der Waals surface area contributed by atoms with Gasteiger partial charge in [-0.1, -0.05) is 0 Å². The molecule has 116 valence electrons. The molecule has 0 N–H and O–H groups in total. The van der Waals surface area contributed by atoms with Crippen molar-refractivity contribution < 1.29 is 27.5 Å². The van der Waals surface area contributed by atoms with Crippen LogP contribution in [0.3, 0.4) is 0 Å². The maximum absolute atomic E-state index is 12.2. The van der Waals surface area contributed by atoms with Gasteiger partial charge in [0.2, 0.25) is 0 Å². The van der Waals surface area contributed by atoms with Gasteiger partial charge in [0.15, 0.2) is 31.6 Å². The van der Waals surface area contributed by atoms with E-state index in [1.807, 2.05) is 0 Å². The van der Waals surface area contributed by atoms with Crippen LogP contribution in [0.2, 0.25) is 0 Å². The van der Waals surface area contributed by atoms with Crippen LogP contribution in [0, 0.1) is 0 Å². The fourth-order valence-electron chi connectivity index (χ4n) is 2.41. The van der Waals surface area contributed by atoms with Gasteiger partial charge in [-0.25, -0.2) is 8.42 Å². The zero-order valence-corrected chi connectivity index (χ0v) is 13.4. The molecular weight excluding hydrogens is 345 g/mol. The number of rotatable bonds is 3. The number of ether oxygens (including phenoxy) is 1. The summed E-state index contributed by atoms with van der Waals surface area (Å²) >= 11 is 11.4. The molecule has 0 bridgehead atoms. The topological polar surface area (TPSA) is 97.8 Å². The third-order valence-corrected chi connectivity index (χ3v) is 5.93. The summed E-state index contributed by atoms with van der Waals surface area (Å²) in [6.07, 6.45) is 0. The number of nitrogens with zero attached hydrogens (tertiary/aromatic N) is 1. The Morgan fingerprint density at radius 1 is 1.48 bits per heavy atom. The molecule has 2 atom stereocenters. The molecule has 2 rings (SSSR count). The normalized spacial score (nSPS) is 30.6. The van der Waals surface area contributed by atoms with Crippen molar-refractivity contribution in [1.29, 1.82) is 0 Å². The Morgan fingerprint density at radius 3 is 2.52 bits per heavy atom. The highest BCUT2D eigenvalue weighted by atomic mass is 35.5. The van der Waals surface area contributed by atoms with Gasteiger partial charge in [-0.2, -0.15) is 0 Å². The lowest BCUT2D eigenvalue weighted by molar-refractivity contribution is -0.147. The van der Waals surface area contributed by atoms with E-state index in [2.05, 4.69) is 0 Å². The van der Waals surface area contributed by atoms with E-state index < -0.39 is 55.1 Å². The number of ketones is 1. The highest BCUT2D eigenvalue weighted by molar-refractivity contribution is 7.92. The van der Waals surface area contributed by atoms with E-state index in [0.717, 1.165) is 11.8 Å². The van der Waals surface area contributed by atoms with Crippen molar-refractivity contribution in [3.63, 3.8) is 0 Å². The number of carbonyl (C=O) groups excluding carboxylic acids is 3. The van der Waals surface area contributed by atoms with E-state index in [-0.39, 0.29) is 5.70 Å². The van der Waals surface area contributed by atoms with Crippen LogP contribution in [0.15, 0.2) is 11.5 Å². The van der Waals surface area contributed by atoms with E-state index >= 15 is 0 Å². The molecule has 0 aromatic heterocycles. The fourth-order valence-corrected chi connectivity index (χ4v) is 5.15. The molecule has 1 fully saturated rings. The lowest BCUT2D eigenvalue weighted by Gasteiger charge is -2.52. The second-order valence-corrected chi connectivity index (χ2v) is 7.95. The maximum Gasteiger partial charge on any atom is 0.307 e. The van der Waals surface area contributed by atoms with Crippen molar-refractivity contribution in [1.82, 2.24) is 4.90 Å². The monoisotopic (exact) mass is 355 g/mol. The van der Waals surface area contributed by atoms with E-state index in [1.165, 1.54) is 6.92 Å². The van der Waals surface area contributed by atoms with Crippen LogP contribution < -0.4 is 0 Å². The maximum atomic E-state index is 12.2. The average Bonchev–Trinajstić information content (AvgIpc) is 2.34. The molecule has 0 saturated carbocycles. The minimum absolute atomic E-state index is 0.317. The Bertz CT molecular complexity index is 681. The standard InChI is InChI=1S/C11H11Cl2NO6S/c1-5(15)20-7-4-21(18,19)10-11(2,13)9(17)14(10)8(7)6(16)3-12/h10H,3-4H2,1-2H3/t10-,11-/m0/s1. The predicted octanol–water partition coefficient (Wildman–Crippen LogP) is 0.163. The smallest absolute Gasteiger partial charge is 0.307 e. The Hall–Kier alpha value is -1.12. The number of amides is 1. The number of esters is 1. The molecular formula is C11H11Cl2NO6S. The first-order valence-electron chi connectivity index (χ1n) is 5.79. The molecule has 2 heterocycles. The molecule has 0 unspecified atom stereocenters.